The number of hydrogen-bond donors (Lipinski definition) is 2. The molecule has 7 nitrogen and oxygen atoms in total. The number of tetrazole rings is 1. The molecule has 0 bridgehead atoms. The molecular formula is C20H19N5O2S. The lowest BCUT2D eigenvalue weighted by atomic mass is 10.0. The van der Waals surface area contributed by atoms with E-state index >= 15 is 0 Å². The first-order valence-electron chi connectivity index (χ1n) is 9.18. The summed E-state index contributed by atoms with van der Waals surface area (Å²) in [5.74, 6) is 1.49. The molecule has 0 unspecified atom stereocenters. The number of nitrogens with one attached hydrogen (secondary N) is 1. The number of ether oxygens (including phenoxy) is 1. The van der Waals surface area contributed by atoms with Crippen LogP contribution in [0.1, 0.15) is 11.4 Å². The van der Waals surface area contributed by atoms with Gasteiger partial charge >= 0.3 is 0 Å². The number of fused-ring (bicyclic) bond motifs is 2. The number of thiophene rings is 1. The van der Waals surface area contributed by atoms with E-state index in [1.807, 2.05) is 18.2 Å². The van der Waals surface area contributed by atoms with Crippen LogP contribution >= 0.6 is 11.3 Å². The number of benzene rings is 2. The molecule has 142 valence electrons. The van der Waals surface area contributed by atoms with Crippen molar-refractivity contribution in [3.63, 3.8) is 0 Å². The fourth-order valence-electron chi connectivity index (χ4n) is 3.65. The molecule has 0 radical (unpaired) electrons. The molecule has 0 aliphatic carbocycles. The maximum atomic E-state index is 10.6. The Bertz CT molecular complexity index is 1110. The molecule has 2 aromatic carbocycles. The molecule has 4 aromatic rings. The highest BCUT2D eigenvalue weighted by atomic mass is 32.1. The highest BCUT2D eigenvalue weighted by Gasteiger charge is 2.21. The minimum Gasteiger partial charge on any atom is -0.504 e. The topological polar surface area (TPSA) is 87.2 Å². The molecule has 1 aliphatic heterocycles. The normalized spacial score (nSPS) is 14.6. The van der Waals surface area contributed by atoms with Crippen LogP contribution in [0.3, 0.4) is 0 Å². The molecule has 0 atom stereocenters. The second-order valence-electron chi connectivity index (χ2n) is 6.83. The van der Waals surface area contributed by atoms with Gasteiger partial charge in [-0.25, -0.2) is 0 Å². The van der Waals surface area contributed by atoms with Gasteiger partial charge in [0.15, 0.2) is 17.3 Å². The number of hydrogen-bond acceptors (Lipinski definition) is 7. The van der Waals surface area contributed by atoms with Gasteiger partial charge in [-0.2, -0.15) is 5.21 Å². The minimum absolute atomic E-state index is 0.197. The van der Waals surface area contributed by atoms with Crippen LogP contribution in [0.15, 0.2) is 41.8 Å². The highest BCUT2D eigenvalue weighted by Crippen LogP contribution is 2.41. The van der Waals surface area contributed by atoms with Crippen LogP contribution in [-0.2, 0) is 13.0 Å². The van der Waals surface area contributed by atoms with Gasteiger partial charge in [0, 0.05) is 47.3 Å². The Morgan fingerprint density at radius 2 is 2.18 bits per heavy atom. The Hall–Kier alpha value is -2.97. The number of rotatable bonds is 4. The molecule has 0 spiro atoms. The zero-order valence-corrected chi connectivity index (χ0v) is 15.9. The standard InChI is InChI=1S/C20H19N5O2S/c26-17-10-13(16-12-28-18-4-2-1-3-15(16)18)9-14-11-25(7-8-27-20(14)17)6-5-19-21-23-24-22-19/h1-4,9-10,12,26H,5-8,11H2,(H,21,22,23,24). The molecule has 5 rings (SSSR count). The summed E-state index contributed by atoms with van der Waals surface area (Å²) in [6.07, 6.45) is 0.715. The lowest BCUT2D eigenvalue weighted by molar-refractivity contribution is 0.224. The van der Waals surface area contributed by atoms with E-state index in [1.165, 1.54) is 10.1 Å². The molecule has 3 heterocycles. The molecule has 28 heavy (non-hydrogen) atoms. The number of phenolic OH excluding ortho intramolecular Hbond substituents is 1. The van der Waals surface area contributed by atoms with Gasteiger partial charge in [-0.05, 0) is 29.1 Å². The van der Waals surface area contributed by atoms with Crippen LogP contribution in [0, 0.1) is 0 Å². The van der Waals surface area contributed by atoms with Gasteiger partial charge < -0.3 is 9.84 Å². The number of phenols is 1. The number of aromatic hydroxyl groups is 1. The van der Waals surface area contributed by atoms with E-state index in [-0.39, 0.29) is 5.75 Å². The van der Waals surface area contributed by atoms with Crippen LogP contribution in [0.4, 0.5) is 0 Å². The summed E-state index contributed by atoms with van der Waals surface area (Å²) < 4.78 is 7.11. The molecule has 2 N–H and O–H groups in total. The number of aromatic nitrogens is 4. The van der Waals surface area contributed by atoms with Crippen molar-refractivity contribution in [1.29, 1.82) is 0 Å². The third-order valence-electron chi connectivity index (χ3n) is 5.03. The van der Waals surface area contributed by atoms with Crippen LogP contribution < -0.4 is 4.74 Å². The summed E-state index contributed by atoms with van der Waals surface area (Å²) in [5, 5.41) is 28.1. The van der Waals surface area contributed by atoms with Crippen molar-refractivity contribution in [2.45, 2.75) is 13.0 Å². The molecule has 1 aliphatic rings. The van der Waals surface area contributed by atoms with E-state index in [4.69, 9.17) is 4.74 Å². The first kappa shape index (κ1) is 17.2. The van der Waals surface area contributed by atoms with E-state index in [2.05, 4.69) is 49.1 Å². The first-order chi connectivity index (χ1) is 13.8. The van der Waals surface area contributed by atoms with Crippen molar-refractivity contribution in [2.24, 2.45) is 0 Å². The summed E-state index contributed by atoms with van der Waals surface area (Å²) in [4.78, 5) is 2.29. The smallest absolute Gasteiger partial charge is 0.175 e. The van der Waals surface area contributed by atoms with Crippen molar-refractivity contribution < 1.29 is 9.84 Å². The highest BCUT2D eigenvalue weighted by molar-refractivity contribution is 7.17. The van der Waals surface area contributed by atoms with Gasteiger partial charge in [-0.3, -0.25) is 4.90 Å². The lowest BCUT2D eigenvalue weighted by Crippen LogP contribution is -2.28. The zero-order chi connectivity index (χ0) is 18.9. The van der Waals surface area contributed by atoms with Crippen LogP contribution in [-0.4, -0.2) is 50.3 Å². The molecular weight excluding hydrogens is 374 g/mol. The van der Waals surface area contributed by atoms with E-state index < -0.39 is 0 Å². The van der Waals surface area contributed by atoms with E-state index in [0.717, 1.165) is 29.8 Å². The first-order valence-corrected chi connectivity index (χ1v) is 10.1. The summed E-state index contributed by atoms with van der Waals surface area (Å²) in [6, 6.07) is 12.3. The molecule has 0 fully saturated rings. The fourth-order valence-corrected chi connectivity index (χ4v) is 4.62. The molecule has 0 saturated heterocycles. The monoisotopic (exact) mass is 393 g/mol. The van der Waals surface area contributed by atoms with Crippen molar-refractivity contribution in [1.82, 2.24) is 25.5 Å². The summed E-state index contributed by atoms with van der Waals surface area (Å²) in [6.45, 7) is 2.82. The second-order valence-corrected chi connectivity index (χ2v) is 7.74. The quantitative estimate of drug-likeness (QED) is 0.554. The predicted molar refractivity (Wildman–Crippen MR) is 108 cm³/mol. The second kappa shape index (κ2) is 7.21. The third kappa shape index (κ3) is 3.21. The van der Waals surface area contributed by atoms with Gasteiger partial charge in [0.25, 0.3) is 0 Å². The summed E-state index contributed by atoms with van der Waals surface area (Å²) in [5.41, 5.74) is 3.15. The van der Waals surface area contributed by atoms with E-state index in [0.29, 0.717) is 31.1 Å². The molecule has 0 saturated carbocycles. The molecule has 8 heteroatoms. The Kier molecular flexibility index (Phi) is 4.42. The van der Waals surface area contributed by atoms with Crippen molar-refractivity contribution in [2.75, 3.05) is 19.7 Å². The maximum absolute atomic E-state index is 10.6. The summed E-state index contributed by atoms with van der Waals surface area (Å²) in [7, 11) is 0. The SMILES string of the molecule is Oc1cc(-c2csc3ccccc23)cc2c1OCCN(CCc1nn[nH]n1)C2. The van der Waals surface area contributed by atoms with Gasteiger partial charge in [-0.1, -0.05) is 23.4 Å². The van der Waals surface area contributed by atoms with Crippen molar-refractivity contribution in [3.05, 3.63) is 53.2 Å². The Balaban J connectivity index is 1.46. The maximum Gasteiger partial charge on any atom is 0.175 e. The zero-order valence-electron chi connectivity index (χ0n) is 15.1. The summed E-state index contributed by atoms with van der Waals surface area (Å²) >= 11 is 1.72. The van der Waals surface area contributed by atoms with Crippen LogP contribution in [0.25, 0.3) is 21.2 Å². The molecule has 2 aromatic heterocycles. The van der Waals surface area contributed by atoms with Crippen molar-refractivity contribution >= 4 is 21.4 Å². The molecule has 0 amide bonds. The largest absolute Gasteiger partial charge is 0.504 e. The van der Waals surface area contributed by atoms with Gasteiger partial charge in [0.05, 0.1) is 0 Å². The average molecular weight is 393 g/mol. The van der Waals surface area contributed by atoms with Crippen molar-refractivity contribution in [3.8, 4) is 22.6 Å². The predicted octanol–water partition coefficient (Wildman–Crippen LogP) is 3.22. The average Bonchev–Trinajstić information content (AvgIpc) is 3.32. The number of nitrogens with zero attached hydrogens (tertiary/aromatic N) is 4. The Morgan fingerprint density at radius 1 is 1.25 bits per heavy atom. The van der Waals surface area contributed by atoms with Gasteiger partial charge in [0.1, 0.15) is 6.61 Å². The third-order valence-corrected chi connectivity index (χ3v) is 5.99. The van der Waals surface area contributed by atoms with Gasteiger partial charge in [-0.15, -0.1) is 21.5 Å². The Labute approximate surface area is 165 Å². The van der Waals surface area contributed by atoms with E-state index in [9.17, 15) is 5.11 Å². The minimum atomic E-state index is 0.197. The van der Waals surface area contributed by atoms with Crippen LogP contribution in [0.2, 0.25) is 0 Å². The Morgan fingerprint density at radius 3 is 3.07 bits per heavy atom. The lowest BCUT2D eigenvalue weighted by Gasteiger charge is -2.18. The fraction of sp³-hybridized carbons (Fsp3) is 0.250. The number of H-pyrrole nitrogens is 1. The van der Waals surface area contributed by atoms with Gasteiger partial charge in [0.2, 0.25) is 0 Å². The van der Waals surface area contributed by atoms with E-state index in [1.54, 1.807) is 11.3 Å². The van der Waals surface area contributed by atoms with Crippen LogP contribution in [0.5, 0.6) is 11.5 Å². The number of aromatic amines is 1.